The molecular formula is C24H22O5. The van der Waals surface area contributed by atoms with Gasteiger partial charge in [-0.25, -0.2) is 0 Å². The number of ether oxygens (including phenoxy) is 4. The molecule has 1 aliphatic heterocycles. The second-order valence-corrected chi connectivity index (χ2v) is 6.75. The lowest BCUT2D eigenvalue weighted by atomic mass is 10.0. The predicted molar refractivity (Wildman–Crippen MR) is 109 cm³/mol. The quantitative estimate of drug-likeness (QED) is 0.415. The Kier molecular flexibility index (Phi) is 5.49. The summed E-state index contributed by atoms with van der Waals surface area (Å²) < 4.78 is 22.1. The van der Waals surface area contributed by atoms with Gasteiger partial charge in [-0.05, 0) is 35.4 Å². The van der Waals surface area contributed by atoms with Crippen molar-refractivity contribution in [2.75, 3.05) is 14.2 Å². The fourth-order valence-electron chi connectivity index (χ4n) is 3.20. The van der Waals surface area contributed by atoms with Crippen molar-refractivity contribution in [3.63, 3.8) is 0 Å². The third-order valence-electron chi connectivity index (χ3n) is 4.89. The summed E-state index contributed by atoms with van der Waals surface area (Å²) >= 11 is 0. The standard InChI is InChI=1S/C24H22O5/c1-26-18-10-8-17(9-11-18)23-24(29-23)22(25)20-13-12-19(27-2)14-21(20)28-15-16-6-4-3-5-7-16/h3-14,23-24H,15H2,1-2H3. The van der Waals surface area contributed by atoms with Crippen molar-refractivity contribution < 1.29 is 23.7 Å². The molecule has 5 nitrogen and oxygen atoms in total. The van der Waals surface area contributed by atoms with Crippen LogP contribution in [-0.2, 0) is 11.3 Å². The second kappa shape index (κ2) is 8.37. The molecule has 4 rings (SSSR count). The van der Waals surface area contributed by atoms with Crippen molar-refractivity contribution in [2.45, 2.75) is 18.8 Å². The summed E-state index contributed by atoms with van der Waals surface area (Å²) in [4.78, 5) is 13.1. The van der Waals surface area contributed by atoms with E-state index in [0.29, 0.717) is 23.7 Å². The number of methoxy groups -OCH3 is 2. The van der Waals surface area contributed by atoms with Crippen LogP contribution in [0, 0.1) is 0 Å². The zero-order valence-corrected chi connectivity index (χ0v) is 16.3. The van der Waals surface area contributed by atoms with Gasteiger partial charge in [-0.15, -0.1) is 0 Å². The largest absolute Gasteiger partial charge is 0.497 e. The SMILES string of the molecule is COc1ccc(C2OC2C(=O)c2ccc(OC)cc2OCc2ccccc2)cc1. The van der Waals surface area contributed by atoms with E-state index in [0.717, 1.165) is 16.9 Å². The van der Waals surface area contributed by atoms with Gasteiger partial charge in [0.05, 0.1) is 19.8 Å². The fraction of sp³-hybridized carbons (Fsp3) is 0.208. The van der Waals surface area contributed by atoms with Gasteiger partial charge in [-0.3, -0.25) is 4.79 Å². The summed E-state index contributed by atoms with van der Waals surface area (Å²) in [6.07, 6.45) is -0.770. The number of hydrogen-bond donors (Lipinski definition) is 0. The molecule has 0 N–H and O–H groups in total. The average molecular weight is 390 g/mol. The Labute approximate surface area is 169 Å². The van der Waals surface area contributed by atoms with Gasteiger partial charge in [0.1, 0.15) is 30.0 Å². The van der Waals surface area contributed by atoms with Crippen LogP contribution in [-0.4, -0.2) is 26.1 Å². The highest BCUT2D eigenvalue weighted by molar-refractivity contribution is 6.03. The Morgan fingerprint density at radius 1 is 0.897 bits per heavy atom. The van der Waals surface area contributed by atoms with Crippen molar-refractivity contribution in [3.05, 3.63) is 89.5 Å². The van der Waals surface area contributed by atoms with Gasteiger partial charge in [-0.1, -0.05) is 42.5 Å². The van der Waals surface area contributed by atoms with Gasteiger partial charge >= 0.3 is 0 Å². The normalized spacial score (nSPS) is 17.4. The summed E-state index contributed by atoms with van der Waals surface area (Å²) in [5.41, 5.74) is 2.46. The number of hydrogen-bond acceptors (Lipinski definition) is 5. The molecular weight excluding hydrogens is 368 g/mol. The molecule has 0 saturated carbocycles. The molecule has 3 aromatic rings. The lowest BCUT2D eigenvalue weighted by Crippen LogP contribution is -2.11. The molecule has 0 aliphatic carbocycles. The van der Waals surface area contributed by atoms with Crippen molar-refractivity contribution in [1.29, 1.82) is 0 Å². The van der Waals surface area contributed by atoms with E-state index in [-0.39, 0.29) is 11.9 Å². The minimum absolute atomic E-state index is 0.100. The Morgan fingerprint density at radius 2 is 1.59 bits per heavy atom. The van der Waals surface area contributed by atoms with Crippen LogP contribution in [0.5, 0.6) is 17.2 Å². The second-order valence-electron chi connectivity index (χ2n) is 6.75. The van der Waals surface area contributed by atoms with E-state index in [4.69, 9.17) is 18.9 Å². The highest BCUT2D eigenvalue weighted by atomic mass is 16.6. The van der Waals surface area contributed by atoms with Gasteiger partial charge in [0.15, 0.2) is 11.9 Å². The van der Waals surface area contributed by atoms with Crippen molar-refractivity contribution in [1.82, 2.24) is 0 Å². The molecule has 0 bridgehead atoms. The summed E-state index contributed by atoms with van der Waals surface area (Å²) in [7, 11) is 3.21. The number of rotatable bonds is 8. The maximum atomic E-state index is 13.1. The van der Waals surface area contributed by atoms with Gasteiger partial charge in [0.2, 0.25) is 0 Å². The Morgan fingerprint density at radius 3 is 2.28 bits per heavy atom. The number of carbonyl (C=O) groups is 1. The lowest BCUT2D eigenvalue weighted by Gasteiger charge is -2.12. The zero-order valence-electron chi connectivity index (χ0n) is 16.3. The van der Waals surface area contributed by atoms with E-state index in [9.17, 15) is 4.79 Å². The van der Waals surface area contributed by atoms with Crippen LogP contribution in [0.1, 0.15) is 27.6 Å². The van der Waals surface area contributed by atoms with Gasteiger partial charge in [-0.2, -0.15) is 0 Å². The van der Waals surface area contributed by atoms with E-state index in [2.05, 4.69) is 0 Å². The van der Waals surface area contributed by atoms with Crippen LogP contribution in [0.4, 0.5) is 0 Å². The summed E-state index contributed by atoms with van der Waals surface area (Å²) in [5.74, 6) is 1.79. The summed E-state index contributed by atoms with van der Waals surface area (Å²) in [6.45, 7) is 0.363. The summed E-state index contributed by atoms with van der Waals surface area (Å²) in [5, 5.41) is 0. The molecule has 148 valence electrons. The minimum atomic E-state index is -0.518. The molecule has 0 radical (unpaired) electrons. The van der Waals surface area contributed by atoms with Crippen LogP contribution in [0.3, 0.4) is 0 Å². The number of carbonyl (C=O) groups excluding carboxylic acids is 1. The van der Waals surface area contributed by atoms with Crippen LogP contribution in [0.15, 0.2) is 72.8 Å². The number of epoxide rings is 1. The van der Waals surface area contributed by atoms with Gasteiger partial charge in [0, 0.05) is 6.07 Å². The van der Waals surface area contributed by atoms with Crippen molar-refractivity contribution in [2.24, 2.45) is 0 Å². The highest BCUT2D eigenvalue weighted by Crippen LogP contribution is 2.42. The zero-order chi connectivity index (χ0) is 20.2. The first-order valence-electron chi connectivity index (χ1n) is 9.38. The Hall–Kier alpha value is -3.31. The first kappa shape index (κ1) is 19.0. The number of Topliss-reactive ketones (excluding diaryl/α,β-unsaturated/α-hetero) is 1. The summed E-state index contributed by atoms with van der Waals surface area (Å²) in [6, 6.07) is 22.6. The average Bonchev–Trinajstić information content (AvgIpc) is 3.59. The fourth-order valence-corrected chi connectivity index (χ4v) is 3.20. The molecule has 2 unspecified atom stereocenters. The Balaban J connectivity index is 1.51. The minimum Gasteiger partial charge on any atom is -0.497 e. The van der Waals surface area contributed by atoms with Crippen molar-refractivity contribution >= 4 is 5.78 Å². The highest BCUT2D eigenvalue weighted by Gasteiger charge is 2.47. The molecule has 1 saturated heterocycles. The first-order valence-corrected chi connectivity index (χ1v) is 9.38. The lowest BCUT2D eigenvalue weighted by molar-refractivity contribution is 0.0949. The van der Waals surface area contributed by atoms with E-state index in [1.807, 2.05) is 54.6 Å². The van der Waals surface area contributed by atoms with E-state index >= 15 is 0 Å². The molecule has 0 aromatic heterocycles. The third kappa shape index (κ3) is 4.25. The molecule has 29 heavy (non-hydrogen) atoms. The number of ketones is 1. The smallest absolute Gasteiger partial charge is 0.198 e. The molecule has 1 aliphatic rings. The monoisotopic (exact) mass is 390 g/mol. The van der Waals surface area contributed by atoms with Crippen LogP contribution in [0.25, 0.3) is 0 Å². The van der Waals surface area contributed by atoms with Crippen LogP contribution < -0.4 is 14.2 Å². The third-order valence-corrected chi connectivity index (χ3v) is 4.89. The maximum absolute atomic E-state index is 13.1. The van der Waals surface area contributed by atoms with Crippen LogP contribution >= 0.6 is 0 Å². The van der Waals surface area contributed by atoms with Gasteiger partial charge < -0.3 is 18.9 Å². The van der Waals surface area contributed by atoms with E-state index in [1.54, 1.807) is 32.4 Å². The molecule has 3 aromatic carbocycles. The Bertz CT molecular complexity index is 982. The molecule has 1 fully saturated rings. The molecule has 0 spiro atoms. The molecule has 1 heterocycles. The number of benzene rings is 3. The molecule has 2 atom stereocenters. The first-order chi connectivity index (χ1) is 14.2. The van der Waals surface area contributed by atoms with E-state index < -0.39 is 6.10 Å². The molecule has 5 heteroatoms. The topological polar surface area (TPSA) is 57.3 Å². The predicted octanol–water partition coefficient (Wildman–Crippen LogP) is 4.61. The maximum Gasteiger partial charge on any atom is 0.198 e. The van der Waals surface area contributed by atoms with E-state index in [1.165, 1.54) is 0 Å². The molecule has 0 amide bonds. The van der Waals surface area contributed by atoms with Crippen molar-refractivity contribution in [3.8, 4) is 17.2 Å². The van der Waals surface area contributed by atoms with Crippen LogP contribution in [0.2, 0.25) is 0 Å². The van der Waals surface area contributed by atoms with Gasteiger partial charge in [0.25, 0.3) is 0 Å².